The Hall–Kier alpha value is -0.930. The molecule has 0 amide bonds. The minimum Gasteiger partial charge on any atom is -0.381 e. The van der Waals surface area contributed by atoms with E-state index in [0.717, 1.165) is 37.2 Å². The van der Waals surface area contributed by atoms with Crippen LogP contribution in [0, 0.1) is 5.92 Å². The third-order valence-corrected chi connectivity index (χ3v) is 3.64. The summed E-state index contributed by atoms with van der Waals surface area (Å²) >= 11 is 0. The van der Waals surface area contributed by atoms with Gasteiger partial charge in [0, 0.05) is 25.7 Å². The summed E-state index contributed by atoms with van der Waals surface area (Å²) in [5, 5.41) is 0. The second-order valence-corrected chi connectivity index (χ2v) is 4.66. The van der Waals surface area contributed by atoms with E-state index in [-0.39, 0.29) is 12.6 Å². The summed E-state index contributed by atoms with van der Waals surface area (Å²) in [6, 6.07) is 8.03. The normalized spacial score (nSPS) is 19.2. The number of rotatable bonds is 4. The van der Waals surface area contributed by atoms with Crippen molar-refractivity contribution in [2.45, 2.75) is 25.3 Å². The van der Waals surface area contributed by atoms with Gasteiger partial charge >= 0.3 is 0 Å². The van der Waals surface area contributed by atoms with Gasteiger partial charge in [-0.1, -0.05) is 24.3 Å². The van der Waals surface area contributed by atoms with Crippen LogP contribution in [0.15, 0.2) is 24.3 Å². The Morgan fingerprint density at radius 2 is 1.88 bits per heavy atom. The Labute approximate surface area is 102 Å². The molecule has 1 aliphatic rings. The van der Waals surface area contributed by atoms with Gasteiger partial charge in [0.2, 0.25) is 0 Å². The second-order valence-electron chi connectivity index (χ2n) is 4.66. The Morgan fingerprint density at radius 3 is 2.41 bits per heavy atom. The van der Waals surface area contributed by atoms with Crippen LogP contribution in [0.4, 0.5) is 4.39 Å². The summed E-state index contributed by atoms with van der Waals surface area (Å²) in [6.45, 7) is 1.79. The molecule has 2 rings (SSSR count). The van der Waals surface area contributed by atoms with Crippen LogP contribution in [0.1, 0.15) is 29.9 Å². The van der Waals surface area contributed by atoms with E-state index in [4.69, 9.17) is 10.5 Å². The number of halogens is 1. The van der Waals surface area contributed by atoms with Crippen LogP contribution in [0.25, 0.3) is 0 Å². The molecule has 1 aromatic rings. The van der Waals surface area contributed by atoms with Crippen LogP contribution in [0.5, 0.6) is 0 Å². The van der Waals surface area contributed by atoms with Crippen LogP contribution >= 0.6 is 0 Å². The van der Waals surface area contributed by atoms with Crippen LogP contribution in [-0.2, 0) is 11.3 Å². The molecule has 1 heterocycles. The smallest absolute Gasteiger partial charge is 0.0965 e. The minimum atomic E-state index is -0.285. The zero-order valence-corrected chi connectivity index (χ0v) is 10.1. The van der Waals surface area contributed by atoms with E-state index >= 15 is 0 Å². The predicted molar refractivity (Wildman–Crippen MR) is 66.6 cm³/mol. The fraction of sp³-hybridized carbons (Fsp3) is 0.571. The molecular weight excluding hydrogens is 217 g/mol. The van der Waals surface area contributed by atoms with Crippen molar-refractivity contribution in [1.82, 2.24) is 0 Å². The zero-order chi connectivity index (χ0) is 12.1. The van der Waals surface area contributed by atoms with Crippen molar-refractivity contribution in [3.63, 3.8) is 0 Å². The van der Waals surface area contributed by atoms with Crippen LogP contribution in [-0.4, -0.2) is 19.9 Å². The molecule has 1 atom stereocenters. The summed E-state index contributed by atoms with van der Waals surface area (Å²) in [5.41, 5.74) is 7.75. The molecule has 0 bridgehead atoms. The monoisotopic (exact) mass is 237 g/mol. The van der Waals surface area contributed by atoms with Gasteiger partial charge < -0.3 is 10.5 Å². The molecule has 17 heavy (non-hydrogen) atoms. The average molecular weight is 237 g/mol. The maximum absolute atomic E-state index is 13.2. The van der Waals surface area contributed by atoms with Crippen LogP contribution < -0.4 is 5.73 Å². The first-order valence-electron chi connectivity index (χ1n) is 6.27. The molecule has 2 nitrogen and oxygen atoms in total. The van der Waals surface area contributed by atoms with E-state index < -0.39 is 0 Å². The maximum Gasteiger partial charge on any atom is 0.0965 e. The van der Waals surface area contributed by atoms with Gasteiger partial charge in [-0.3, -0.25) is 4.39 Å². The maximum atomic E-state index is 13.2. The van der Waals surface area contributed by atoms with Crippen molar-refractivity contribution in [2.24, 2.45) is 11.7 Å². The molecule has 0 aromatic heterocycles. The standard InChI is InChI=1S/C14H20FNO/c15-9-14(13-5-7-17-8-6-13)12-3-1-11(10-16)2-4-12/h1-4,13-14H,5-10,16H2. The van der Waals surface area contributed by atoms with Crippen molar-refractivity contribution < 1.29 is 9.13 Å². The first kappa shape index (κ1) is 12.5. The first-order valence-corrected chi connectivity index (χ1v) is 6.27. The molecule has 1 aliphatic heterocycles. The molecule has 1 aromatic carbocycles. The molecule has 0 aliphatic carbocycles. The highest BCUT2D eigenvalue weighted by Gasteiger charge is 2.25. The SMILES string of the molecule is NCc1ccc(C(CF)C2CCOCC2)cc1. The molecule has 0 saturated carbocycles. The molecule has 1 fully saturated rings. The highest BCUT2D eigenvalue weighted by Crippen LogP contribution is 2.32. The first-order chi connectivity index (χ1) is 8.35. The predicted octanol–water partition coefficient (Wildman–Crippen LogP) is 2.63. The van der Waals surface area contributed by atoms with Crippen LogP contribution in [0.2, 0.25) is 0 Å². The Bertz CT molecular complexity index is 333. The summed E-state index contributed by atoms with van der Waals surface area (Å²) in [7, 11) is 0. The number of nitrogens with two attached hydrogens (primary N) is 1. The van der Waals surface area contributed by atoms with Gasteiger partial charge in [0.05, 0.1) is 6.67 Å². The number of ether oxygens (including phenoxy) is 1. The summed E-state index contributed by atoms with van der Waals surface area (Å²) < 4.78 is 18.6. The molecule has 94 valence electrons. The van der Waals surface area contributed by atoms with Gasteiger partial charge in [0.25, 0.3) is 0 Å². The minimum absolute atomic E-state index is 0.0192. The fourth-order valence-electron chi connectivity index (χ4n) is 2.51. The molecule has 3 heteroatoms. The lowest BCUT2D eigenvalue weighted by molar-refractivity contribution is 0.0547. The molecule has 1 unspecified atom stereocenters. The van der Waals surface area contributed by atoms with Crippen LogP contribution in [0.3, 0.4) is 0 Å². The van der Waals surface area contributed by atoms with Crippen molar-refractivity contribution >= 4 is 0 Å². The Balaban J connectivity index is 2.10. The molecular formula is C14H20FNO. The van der Waals surface area contributed by atoms with E-state index in [0.29, 0.717) is 12.5 Å². The molecule has 1 saturated heterocycles. The zero-order valence-electron chi connectivity index (χ0n) is 10.1. The van der Waals surface area contributed by atoms with Gasteiger partial charge in [0.1, 0.15) is 0 Å². The van der Waals surface area contributed by atoms with E-state index in [1.807, 2.05) is 24.3 Å². The summed E-state index contributed by atoms with van der Waals surface area (Å²) in [4.78, 5) is 0. The van der Waals surface area contributed by atoms with Gasteiger partial charge in [0.15, 0.2) is 0 Å². The highest BCUT2D eigenvalue weighted by atomic mass is 19.1. The van der Waals surface area contributed by atoms with Crippen molar-refractivity contribution in [3.8, 4) is 0 Å². The van der Waals surface area contributed by atoms with E-state index in [1.165, 1.54) is 0 Å². The summed E-state index contributed by atoms with van der Waals surface area (Å²) in [6.07, 6.45) is 1.93. The van der Waals surface area contributed by atoms with Crippen molar-refractivity contribution in [2.75, 3.05) is 19.9 Å². The van der Waals surface area contributed by atoms with E-state index in [9.17, 15) is 4.39 Å². The van der Waals surface area contributed by atoms with Gasteiger partial charge in [-0.05, 0) is 29.9 Å². The lowest BCUT2D eigenvalue weighted by Crippen LogP contribution is -2.23. The number of benzene rings is 1. The lowest BCUT2D eigenvalue weighted by atomic mass is 9.82. The largest absolute Gasteiger partial charge is 0.381 e. The molecule has 0 radical (unpaired) electrons. The quantitative estimate of drug-likeness (QED) is 0.873. The van der Waals surface area contributed by atoms with E-state index in [2.05, 4.69) is 0 Å². The highest BCUT2D eigenvalue weighted by molar-refractivity contribution is 5.26. The topological polar surface area (TPSA) is 35.2 Å². The molecule has 0 spiro atoms. The molecule has 2 N–H and O–H groups in total. The average Bonchev–Trinajstić information content (AvgIpc) is 2.42. The van der Waals surface area contributed by atoms with Gasteiger partial charge in [-0.25, -0.2) is 0 Å². The number of hydrogen-bond donors (Lipinski definition) is 1. The Kier molecular flexibility index (Phi) is 4.51. The van der Waals surface area contributed by atoms with E-state index in [1.54, 1.807) is 0 Å². The summed E-state index contributed by atoms with van der Waals surface area (Å²) in [5.74, 6) is 0.434. The van der Waals surface area contributed by atoms with Crippen molar-refractivity contribution in [3.05, 3.63) is 35.4 Å². The third kappa shape index (κ3) is 3.05. The Morgan fingerprint density at radius 1 is 1.24 bits per heavy atom. The number of alkyl halides is 1. The van der Waals surface area contributed by atoms with Gasteiger partial charge in [-0.2, -0.15) is 0 Å². The fourth-order valence-corrected chi connectivity index (χ4v) is 2.51. The second kappa shape index (κ2) is 6.12. The number of hydrogen-bond acceptors (Lipinski definition) is 2. The lowest BCUT2D eigenvalue weighted by Gasteiger charge is -2.28. The van der Waals surface area contributed by atoms with Gasteiger partial charge in [-0.15, -0.1) is 0 Å². The third-order valence-electron chi connectivity index (χ3n) is 3.64. The van der Waals surface area contributed by atoms with Crippen molar-refractivity contribution in [1.29, 1.82) is 0 Å².